The number of hydrogen-bond acceptors (Lipinski definition) is 3. The van der Waals surface area contributed by atoms with Crippen molar-refractivity contribution < 1.29 is 8.98 Å². The first-order valence-corrected chi connectivity index (χ1v) is 24.1. The zero-order chi connectivity index (χ0) is 42.3. The van der Waals surface area contributed by atoms with Gasteiger partial charge in [-0.1, -0.05) is 162 Å². The summed E-state index contributed by atoms with van der Waals surface area (Å²) in [5.41, 5.74) is 11.5. The number of para-hydroxylation sites is 1. The fourth-order valence-corrected chi connectivity index (χ4v) is 14.9. The van der Waals surface area contributed by atoms with Crippen LogP contribution in [0.15, 0.2) is 184 Å². The zero-order valence-electron chi connectivity index (χ0n) is 35.8. The van der Waals surface area contributed by atoms with Gasteiger partial charge in [-0.2, -0.15) is 0 Å². The summed E-state index contributed by atoms with van der Waals surface area (Å²) in [6, 6.07) is 61.4. The Morgan fingerprint density at radius 2 is 1.10 bits per heavy atom. The lowest BCUT2D eigenvalue weighted by Gasteiger charge is -2.47. The maximum Gasteiger partial charge on any atom is 0.171 e. The Hall–Kier alpha value is -6.06. The second-order valence-electron chi connectivity index (χ2n) is 19.3. The number of furan rings is 1. The first-order chi connectivity index (χ1) is 29.9. The topological polar surface area (TPSA) is 35.1 Å². The lowest BCUT2D eigenvalue weighted by atomic mass is 9.64. The molecule has 62 heavy (non-hydrogen) atoms. The summed E-state index contributed by atoms with van der Waals surface area (Å²) in [7, 11) is -3.42. The Kier molecular flexibility index (Phi) is 7.89. The molecule has 0 saturated heterocycles. The second kappa shape index (κ2) is 13.0. The van der Waals surface area contributed by atoms with E-state index >= 15 is 4.57 Å². The second-order valence-corrected chi connectivity index (χ2v) is 23.0. The van der Waals surface area contributed by atoms with E-state index in [1.807, 2.05) is 54.2 Å². The van der Waals surface area contributed by atoms with Crippen molar-refractivity contribution in [1.29, 1.82) is 0 Å². The van der Waals surface area contributed by atoms with Crippen LogP contribution < -0.4 is 15.9 Å². The van der Waals surface area contributed by atoms with Crippen LogP contribution in [0.25, 0.3) is 49.4 Å². The van der Waals surface area contributed by atoms with Gasteiger partial charge in [-0.15, -0.1) is 0 Å². The van der Waals surface area contributed by atoms with Crippen LogP contribution in [0.4, 0.5) is 0 Å². The van der Waals surface area contributed by atoms with Crippen LogP contribution in [0.3, 0.4) is 0 Å². The highest BCUT2D eigenvalue weighted by atomic mass is 32.2. The van der Waals surface area contributed by atoms with Crippen molar-refractivity contribution >= 4 is 78.6 Å². The van der Waals surface area contributed by atoms with E-state index in [2.05, 4.69) is 174 Å². The van der Waals surface area contributed by atoms with Gasteiger partial charge in [0.15, 0.2) is 7.14 Å². The predicted octanol–water partition coefficient (Wildman–Crippen LogP) is 14.1. The van der Waals surface area contributed by atoms with E-state index < -0.39 is 12.6 Å². The van der Waals surface area contributed by atoms with Crippen LogP contribution in [-0.2, 0) is 20.8 Å². The summed E-state index contributed by atoms with van der Waals surface area (Å²) in [6.07, 6.45) is 0. The van der Waals surface area contributed by atoms with Crippen LogP contribution in [0.2, 0.25) is 0 Å². The lowest BCUT2D eigenvalue weighted by Crippen LogP contribution is -2.48. The van der Waals surface area contributed by atoms with Crippen LogP contribution in [0.1, 0.15) is 74.9 Å². The molecule has 5 heteroatoms. The molecule has 0 saturated carbocycles. The van der Waals surface area contributed by atoms with Gasteiger partial charge in [-0.3, -0.25) is 0 Å². The first-order valence-electron chi connectivity index (χ1n) is 21.6. The van der Waals surface area contributed by atoms with Gasteiger partial charge in [-0.25, -0.2) is 0 Å². The van der Waals surface area contributed by atoms with Crippen molar-refractivity contribution in [2.45, 2.75) is 67.6 Å². The van der Waals surface area contributed by atoms with Crippen LogP contribution >= 0.6 is 18.9 Å². The molecule has 2 aromatic heterocycles. The third-order valence-corrected chi connectivity index (χ3v) is 17.9. The zero-order valence-corrected chi connectivity index (χ0v) is 37.5. The molecule has 2 aliphatic rings. The average molecular weight is 840 g/mol. The predicted molar refractivity (Wildman–Crippen MR) is 261 cm³/mol. The molecule has 0 radical (unpaired) electrons. The van der Waals surface area contributed by atoms with Gasteiger partial charge in [-0.05, 0) is 105 Å². The van der Waals surface area contributed by atoms with Crippen molar-refractivity contribution in [2.75, 3.05) is 0 Å². The van der Waals surface area contributed by atoms with Crippen molar-refractivity contribution in [3.63, 3.8) is 0 Å². The van der Waals surface area contributed by atoms with Gasteiger partial charge in [0.2, 0.25) is 0 Å². The molecule has 2 atom stereocenters. The Morgan fingerprint density at radius 1 is 0.484 bits per heavy atom. The van der Waals surface area contributed by atoms with Gasteiger partial charge >= 0.3 is 0 Å². The van der Waals surface area contributed by atoms with E-state index in [4.69, 9.17) is 4.42 Å². The van der Waals surface area contributed by atoms with Crippen LogP contribution in [0, 0.1) is 0 Å². The minimum Gasteiger partial charge on any atom is -0.456 e. The van der Waals surface area contributed by atoms with Crippen molar-refractivity contribution in [1.82, 2.24) is 4.57 Å². The molecule has 1 spiro atoms. The molecule has 4 heterocycles. The van der Waals surface area contributed by atoms with Crippen LogP contribution in [-0.4, -0.2) is 4.57 Å². The third kappa shape index (κ3) is 5.11. The minimum atomic E-state index is -3.42. The number of nitrogens with zero attached hydrogens (tertiary/aromatic N) is 1. The molecule has 0 amide bonds. The van der Waals surface area contributed by atoms with Gasteiger partial charge in [0.25, 0.3) is 0 Å². The minimum absolute atomic E-state index is 0.0137. The Morgan fingerprint density at radius 3 is 1.81 bits per heavy atom. The first kappa shape index (κ1) is 37.7. The van der Waals surface area contributed by atoms with Gasteiger partial charge in [0.05, 0.1) is 16.4 Å². The summed E-state index contributed by atoms with van der Waals surface area (Å²) in [5, 5.41) is 7.15. The van der Waals surface area contributed by atoms with Crippen molar-refractivity contribution in [2.24, 2.45) is 0 Å². The molecule has 2 aliphatic heterocycles. The Balaban J connectivity index is 1.19. The molecular weight excluding hydrogens is 794 g/mol. The number of aromatic nitrogens is 1. The fraction of sp³-hybridized carbons (Fsp3) is 0.158. The number of benzene rings is 8. The molecule has 3 nitrogen and oxygen atoms in total. The number of fused-ring (bicyclic) bond motifs is 14. The molecule has 0 fully saturated rings. The van der Waals surface area contributed by atoms with Crippen molar-refractivity contribution in [3.05, 3.63) is 203 Å². The summed E-state index contributed by atoms with van der Waals surface area (Å²) in [4.78, 5) is 2.38. The number of rotatable bonds is 2. The molecule has 12 rings (SSSR count). The third-order valence-electron chi connectivity index (χ3n) is 13.6. The molecular formula is C57H46NO2PS. The molecule has 8 aromatic carbocycles. The molecule has 10 aromatic rings. The van der Waals surface area contributed by atoms with Gasteiger partial charge in [0, 0.05) is 52.9 Å². The highest BCUT2D eigenvalue weighted by Crippen LogP contribution is 2.62. The summed E-state index contributed by atoms with van der Waals surface area (Å²) in [5.74, 6) is 0. The molecule has 0 aliphatic carbocycles. The quantitative estimate of drug-likeness (QED) is 0.163. The standard InChI is InChI=1S/C57H46NO2PS/c1-55(2,3)35-24-28-47-40(30-35)41-31-36(56(4,5)6)25-29-48(41)58(47)37-26-27-45-54(32-37)62-53-23-15-12-20-44(53)57(45)43-19-11-14-22-51(43)61(59,38-16-8-7-9-17-38)52-34-50-42(33-46(52)57)39-18-10-13-21-49(39)60-50/h7-34H,1-6H3. The van der Waals surface area contributed by atoms with E-state index in [9.17, 15) is 0 Å². The maximum atomic E-state index is 16.6. The van der Waals surface area contributed by atoms with E-state index in [0.717, 1.165) is 54.7 Å². The summed E-state index contributed by atoms with van der Waals surface area (Å²) in [6.45, 7) is 13.8. The number of hydrogen-bond donors (Lipinski definition) is 0. The lowest BCUT2D eigenvalue weighted by molar-refractivity contribution is 0.589. The SMILES string of the molecule is CC(C)(C)c1ccc2c(c1)c1cc(C(C)(C)C)ccc1n2-c1ccc2c(c1)Sc1ccccc1C21c2ccccc2P(=O)(c2ccccc2)c2cc3oc4ccccc4c3cc21. The van der Waals surface area contributed by atoms with Gasteiger partial charge in [0.1, 0.15) is 11.2 Å². The maximum absolute atomic E-state index is 16.6. The van der Waals surface area contributed by atoms with Crippen LogP contribution in [0.5, 0.6) is 0 Å². The molecule has 0 N–H and O–H groups in total. The largest absolute Gasteiger partial charge is 0.456 e. The highest BCUT2D eigenvalue weighted by molar-refractivity contribution is 7.99. The van der Waals surface area contributed by atoms with E-state index in [0.29, 0.717) is 0 Å². The monoisotopic (exact) mass is 839 g/mol. The Labute approximate surface area is 366 Å². The molecule has 0 bridgehead atoms. The molecule has 2 unspecified atom stereocenters. The molecule has 302 valence electrons. The average Bonchev–Trinajstić information content (AvgIpc) is 3.81. The fourth-order valence-electron chi connectivity index (χ4n) is 10.6. The highest BCUT2D eigenvalue weighted by Gasteiger charge is 2.54. The van der Waals surface area contributed by atoms with E-state index in [-0.39, 0.29) is 10.8 Å². The van der Waals surface area contributed by atoms with Crippen molar-refractivity contribution in [3.8, 4) is 5.69 Å². The van der Waals surface area contributed by atoms with E-state index in [1.54, 1.807) is 0 Å². The van der Waals surface area contributed by atoms with Gasteiger partial charge < -0.3 is 13.5 Å². The Bertz CT molecular complexity index is 3490. The summed E-state index contributed by atoms with van der Waals surface area (Å²) >= 11 is 1.84. The summed E-state index contributed by atoms with van der Waals surface area (Å²) < 4.78 is 25.6. The normalized spacial score (nSPS) is 18.3. The van der Waals surface area contributed by atoms with E-state index in [1.165, 1.54) is 53.9 Å². The smallest absolute Gasteiger partial charge is 0.171 e.